The predicted octanol–water partition coefficient (Wildman–Crippen LogP) is 4.69. The Hall–Kier alpha value is -1.78. The molecule has 0 saturated carbocycles. The highest BCUT2D eigenvalue weighted by Gasteiger charge is 2.98. The molecule has 26 heavy (non-hydrogen) atoms. The van der Waals surface area contributed by atoms with Gasteiger partial charge in [0.15, 0.2) is 0 Å². The molecule has 0 aromatic carbocycles. The highest BCUT2D eigenvalue weighted by molar-refractivity contribution is 5.77. The van der Waals surface area contributed by atoms with Crippen LogP contribution in [0.3, 0.4) is 0 Å². The highest BCUT2D eigenvalue weighted by Crippen LogP contribution is 2.65. The lowest BCUT2D eigenvalue weighted by molar-refractivity contribution is -0.510. The number of carbonyl (C=O) groups excluding carboxylic acids is 1. The second-order valence-corrected chi connectivity index (χ2v) is 4.55. The first-order chi connectivity index (χ1) is 11.0. The van der Waals surface area contributed by atoms with Gasteiger partial charge in [-0.3, -0.25) is 0 Å². The maximum Gasteiger partial charge on any atom is 0.459 e. The van der Waals surface area contributed by atoms with Crippen molar-refractivity contribution in [1.82, 2.24) is 4.90 Å². The number of alkyl halides is 15. The van der Waals surface area contributed by atoms with Gasteiger partial charge >= 0.3 is 48.2 Å². The number of nitrogens with zero attached hydrogens (tertiary/aromatic N) is 1. The molecule has 0 unspecified atom stereocenters. The van der Waals surface area contributed by atoms with Gasteiger partial charge in [-0.15, -0.1) is 0 Å². The number of hydrogen-bond donors (Lipinski definition) is 0. The molecule has 154 valence electrons. The van der Waals surface area contributed by atoms with Crippen LogP contribution in [0.5, 0.6) is 0 Å². The van der Waals surface area contributed by atoms with Crippen LogP contribution >= 0.6 is 0 Å². The fourth-order valence-electron chi connectivity index (χ4n) is 2.07. The van der Waals surface area contributed by atoms with E-state index in [9.17, 15) is 70.7 Å². The van der Waals surface area contributed by atoms with E-state index in [1.165, 1.54) is 0 Å². The third-order valence-electron chi connectivity index (χ3n) is 3.07. The molecule has 0 spiro atoms. The summed E-state index contributed by atoms with van der Waals surface area (Å²) < 4.78 is 193. The normalized spacial score (nSPS) is 20.0. The Morgan fingerprint density at radius 2 is 0.885 bits per heavy atom. The summed E-state index contributed by atoms with van der Waals surface area (Å²) in [6.07, 6.45) is -42.2. The Balaban J connectivity index is 4.06. The largest absolute Gasteiger partial charge is 0.459 e. The molecule has 3 nitrogen and oxygen atoms in total. The van der Waals surface area contributed by atoms with Crippen LogP contribution < -0.4 is 0 Å². The Morgan fingerprint density at radius 1 is 0.615 bits per heavy atom. The van der Waals surface area contributed by atoms with E-state index in [1.807, 2.05) is 0 Å². The fourth-order valence-corrected chi connectivity index (χ4v) is 2.07. The number of rotatable bonds is 1. The molecule has 0 N–H and O–H groups in total. The van der Waals surface area contributed by atoms with Gasteiger partial charge in [0.05, 0.1) is 0 Å². The first-order valence-corrected chi connectivity index (χ1v) is 5.37. The quantitative estimate of drug-likeness (QED) is 0.569. The van der Waals surface area contributed by atoms with Crippen LogP contribution in [0.25, 0.3) is 0 Å². The van der Waals surface area contributed by atoms with E-state index >= 15 is 0 Å². The number of cyclic esters (lactones) is 1. The van der Waals surface area contributed by atoms with Gasteiger partial charge in [-0.1, -0.05) is 0 Å². The van der Waals surface area contributed by atoms with Crippen molar-refractivity contribution in [2.75, 3.05) is 0 Å². The summed E-state index contributed by atoms with van der Waals surface area (Å²) in [5.41, 5.74) is -14.7. The summed E-state index contributed by atoms with van der Waals surface area (Å²) in [6, 6.07) is 0. The van der Waals surface area contributed by atoms with Crippen molar-refractivity contribution in [1.29, 1.82) is 0 Å². The maximum absolute atomic E-state index is 12.7. The Morgan fingerprint density at radius 3 is 1.04 bits per heavy atom. The van der Waals surface area contributed by atoms with E-state index in [-0.39, 0.29) is 0 Å². The first kappa shape index (κ1) is 22.3. The third kappa shape index (κ3) is 2.43. The van der Waals surface area contributed by atoms with Gasteiger partial charge in [0.2, 0.25) is 0 Å². The lowest BCUT2D eigenvalue weighted by Crippen LogP contribution is -2.90. The van der Waals surface area contributed by atoms with Crippen molar-refractivity contribution >= 4 is 6.09 Å². The topological polar surface area (TPSA) is 29.5 Å². The van der Waals surface area contributed by atoms with Crippen molar-refractivity contribution in [2.45, 2.75) is 42.1 Å². The smallest absolute Gasteiger partial charge is 0.403 e. The molecule has 0 aliphatic carbocycles. The second kappa shape index (κ2) is 5.14. The zero-order chi connectivity index (χ0) is 21.4. The molecule has 0 aromatic heterocycles. The number of amides is 1. The Labute approximate surface area is 130 Å². The molecule has 1 aliphatic heterocycles. The Kier molecular flexibility index (Phi) is 4.40. The molecule has 0 aromatic rings. The molecule has 1 heterocycles. The van der Waals surface area contributed by atoms with Crippen LogP contribution in [-0.2, 0) is 4.74 Å². The first-order valence-electron chi connectivity index (χ1n) is 5.37. The predicted molar refractivity (Wildman–Crippen MR) is 44.1 cm³/mol. The number of halogens is 15. The number of ether oxygens (including phenoxy) is 1. The molecule has 18 heteroatoms. The molecule has 1 aliphatic rings. The van der Waals surface area contributed by atoms with Gasteiger partial charge < -0.3 is 4.74 Å². The van der Waals surface area contributed by atoms with Crippen LogP contribution in [0.2, 0.25) is 0 Å². The molecule has 0 atom stereocenters. The second-order valence-electron chi connectivity index (χ2n) is 4.55. The maximum atomic E-state index is 12.7. The minimum Gasteiger partial charge on any atom is -0.403 e. The molecule has 0 radical (unpaired) electrons. The van der Waals surface area contributed by atoms with Crippen LogP contribution in [-0.4, -0.2) is 53.1 Å². The summed E-state index contributed by atoms with van der Waals surface area (Å²) in [6.45, 7) is 0. The fraction of sp³-hybridized carbons (Fsp3) is 0.875. The van der Waals surface area contributed by atoms with Gasteiger partial charge in [0, 0.05) is 0 Å². The average Bonchev–Trinajstić information content (AvgIpc) is 2.23. The monoisotopic (exact) mass is 427 g/mol. The van der Waals surface area contributed by atoms with Crippen molar-refractivity contribution in [3.05, 3.63) is 0 Å². The van der Waals surface area contributed by atoms with Gasteiger partial charge in [-0.05, 0) is 0 Å². The van der Waals surface area contributed by atoms with Crippen LogP contribution in [0, 0.1) is 0 Å². The van der Waals surface area contributed by atoms with Gasteiger partial charge in [0.25, 0.3) is 0 Å². The number of hydrogen-bond acceptors (Lipinski definition) is 2. The van der Waals surface area contributed by atoms with Gasteiger partial charge in [-0.2, -0.15) is 65.9 Å². The lowest BCUT2D eigenvalue weighted by Gasteiger charge is -2.58. The molecule has 1 saturated heterocycles. The molecular formula is C8F15NO2. The van der Waals surface area contributed by atoms with Gasteiger partial charge in [0.1, 0.15) is 0 Å². The zero-order valence-corrected chi connectivity index (χ0v) is 10.9. The van der Waals surface area contributed by atoms with Crippen molar-refractivity contribution in [3.63, 3.8) is 0 Å². The van der Waals surface area contributed by atoms with E-state index in [2.05, 4.69) is 4.74 Å². The zero-order valence-electron chi connectivity index (χ0n) is 10.9. The van der Waals surface area contributed by atoms with Crippen LogP contribution in [0.15, 0.2) is 0 Å². The summed E-state index contributed by atoms with van der Waals surface area (Å²) in [5, 5.41) is 0. The highest BCUT2D eigenvalue weighted by atomic mass is 19.4. The lowest BCUT2D eigenvalue weighted by atomic mass is 9.89. The van der Waals surface area contributed by atoms with Crippen LogP contribution in [0.1, 0.15) is 0 Å². The number of carbonyl (C=O) groups is 1. The summed E-state index contributed by atoms with van der Waals surface area (Å²) in [5.74, 6) is 0. The third-order valence-corrected chi connectivity index (χ3v) is 3.07. The summed E-state index contributed by atoms with van der Waals surface area (Å²) in [4.78, 5) is 7.26. The molecule has 1 fully saturated rings. The summed E-state index contributed by atoms with van der Waals surface area (Å²) in [7, 11) is 0. The van der Waals surface area contributed by atoms with Crippen molar-refractivity contribution in [3.8, 4) is 0 Å². The van der Waals surface area contributed by atoms with E-state index < -0.39 is 53.1 Å². The molecule has 1 amide bonds. The molecule has 0 bridgehead atoms. The van der Waals surface area contributed by atoms with E-state index in [4.69, 9.17) is 0 Å². The van der Waals surface area contributed by atoms with E-state index in [0.29, 0.717) is 0 Å². The van der Waals surface area contributed by atoms with Crippen molar-refractivity contribution < 1.29 is 75.4 Å². The standard InChI is InChI=1S/C8F15NO2/c9-4(10,11)2(5(12,13)14,6(15,16)17)24-1(25)26-3(24,7(18,19)20)8(21,22)23. The van der Waals surface area contributed by atoms with Crippen molar-refractivity contribution in [2.24, 2.45) is 0 Å². The molecule has 1 rings (SSSR count). The minimum atomic E-state index is -7.90. The van der Waals surface area contributed by atoms with E-state index in [1.54, 1.807) is 0 Å². The van der Waals surface area contributed by atoms with Gasteiger partial charge in [-0.25, -0.2) is 9.69 Å². The minimum absolute atomic E-state index is 2.40. The van der Waals surface area contributed by atoms with Crippen LogP contribution in [0.4, 0.5) is 70.7 Å². The average molecular weight is 427 g/mol. The SMILES string of the molecule is O=C1OC(C(F)(F)F)(C(F)(F)F)N1C(C(F)(F)F)(C(F)(F)F)C(F)(F)F. The summed E-state index contributed by atoms with van der Waals surface area (Å²) >= 11 is 0. The molecular weight excluding hydrogens is 427 g/mol. The van der Waals surface area contributed by atoms with E-state index in [0.717, 1.165) is 0 Å². The Bertz CT molecular complexity index is 525.